The number of unbranched alkanes of at least 4 members (excludes halogenated alkanes) is 36. The van der Waals surface area contributed by atoms with Gasteiger partial charge in [-0.25, -0.2) is 0 Å². The van der Waals surface area contributed by atoms with Crippen LogP contribution in [0.25, 0.3) is 0 Å². The van der Waals surface area contributed by atoms with Crippen molar-refractivity contribution in [2.24, 2.45) is 0 Å². The van der Waals surface area contributed by atoms with Crippen molar-refractivity contribution in [1.29, 1.82) is 0 Å². The molecule has 1 aliphatic rings. The number of hydrogen-bond acceptors (Lipinski definition) is 8. The Morgan fingerprint density at radius 1 is 0.492 bits per heavy atom. The van der Waals surface area contributed by atoms with Gasteiger partial charge in [0.2, 0.25) is 5.91 Å². The van der Waals surface area contributed by atoms with Crippen LogP contribution in [0.1, 0.15) is 271 Å². The Hall–Kier alpha value is -0.810. The monoisotopic (exact) mass is 870 g/mol. The molecule has 0 aromatic rings. The molecule has 0 radical (unpaired) electrons. The Labute approximate surface area is 376 Å². The highest BCUT2D eigenvalue weighted by Gasteiger charge is 2.44. The van der Waals surface area contributed by atoms with E-state index in [-0.39, 0.29) is 12.5 Å². The number of aliphatic hydroxyl groups is 5. The maximum Gasteiger partial charge on any atom is 0.220 e. The van der Waals surface area contributed by atoms with E-state index in [1.54, 1.807) is 0 Å². The molecule has 364 valence electrons. The molecule has 7 atom stereocenters. The Kier molecular flexibility index (Phi) is 41.1. The first-order valence-electron chi connectivity index (χ1n) is 26.7. The first-order valence-corrected chi connectivity index (χ1v) is 26.7. The molecule has 1 aliphatic heterocycles. The topological polar surface area (TPSA) is 149 Å². The van der Waals surface area contributed by atoms with E-state index in [9.17, 15) is 30.3 Å². The summed E-state index contributed by atoms with van der Waals surface area (Å²) in [6.07, 6.45) is 43.0. The highest BCUT2D eigenvalue weighted by Crippen LogP contribution is 2.23. The van der Waals surface area contributed by atoms with E-state index in [1.807, 2.05) is 0 Å². The fourth-order valence-electron chi connectivity index (χ4n) is 8.93. The molecule has 61 heavy (non-hydrogen) atoms. The minimum absolute atomic E-state index is 0.132. The van der Waals surface area contributed by atoms with E-state index in [4.69, 9.17) is 9.47 Å². The standard InChI is InChI=1S/C52H103NO8/c1-3-5-7-9-11-13-14-15-16-17-18-19-20-21-22-23-24-25-26-27-28-29-30-31-32-34-35-37-39-41-46(55)45(44-60-52-51(59)50(58)49(57)47(43-54)61-52)53-48(56)42-40-38-36-33-12-10-8-6-4-2/h45-47,49-52,54-55,57-59H,3-44H2,1-2H3,(H,53,56). The van der Waals surface area contributed by atoms with Gasteiger partial charge in [-0.1, -0.05) is 251 Å². The lowest BCUT2D eigenvalue weighted by Gasteiger charge is -2.40. The third-order valence-corrected chi connectivity index (χ3v) is 13.2. The lowest BCUT2D eigenvalue weighted by molar-refractivity contribution is -0.302. The van der Waals surface area contributed by atoms with Crippen LogP contribution in [0, 0.1) is 0 Å². The van der Waals surface area contributed by atoms with Gasteiger partial charge in [0, 0.05) is 6.42 Å². The van der Waals surface area contributed by atoms with E-state index in [2.05, 4.69) is 19.2 Å². The number of aliphatic hydroxyl groups excluding tert-OH is 5. The number of carbonyl (C=O) groups excluding carboxylic acids is 1. The minimum atomic E-state index is -1.55. The molecule has 1 amide bonds. The molecule has 1 fully saturated rings. The summed E-state index contributed by atoms with van der Waals surface area (Å²) in [4.78, 5) is 12.9. The first kappa shape index (κ1) is 58.2. The predicted molar refractivity (Wildman–Crippen MR) is 254 cm³/mol. The third-order valence-electron chi connectivity index (χ3n) is 13.2. The molecule has 9 heteroatoms. The van der Waals surface area contributed by atoms with Crippen LogP contribution in [0.2, 0.25) is 0 Å². The van der Waals surface area contributed by atoms with E-state index >= 15 is 0 Å². The number of ether oxygens (including phenoxy) is 2. The predicted octanol–water partition coefficient (Wildman–Crippen LogP) is 12.3. The molecule has 0 aromatic carbocycles. The lowest BCUT2D eigenvalue weighted by Crippen LogP contribution is -2.60. The van der Waals surface area contributed by atoms with Crippen molar-refractivity contribution in [3.05, 3.63) is 0 Å². The second-order valence-electron chi connectivity index (χ2n) is 19.0. The van der Waals surface area contributed by atoms with E-state index in [0.717, 1.165) is 38.5 Å². The Morgan fingerprint density at radius 2 is 0.820 bits per heavy atom. The van der Waals surface area contributed by atoms with Gasteiger partial charge >= 0.3 is 0 Å². The van der Waals surface area contributed by atoms with Crippen LogP contribution in [0.4, 0.5) is 0 Å². The van der Waals surface area contributed by atoms with Crippen molar-refractivity contribution in [2.75, 3.05) is 13.2 Å². The zero-order valence-electron chi connectivity index (χ0n) is 40.2. The fraction of sp³-hybridized carbons (Fsp3) is 0.981. The first-order chi connectivity index (χ1) is 29.8. The number of nitrogens with one attached hydrogen (secondary N) is 1. The SMILES string of the molecule is CCCCCCCCCCCCCCCCCCCCCCCCCCCCCCCC(O)C(COC1OC(CO)C(O)C(O)C1O)NC(=O)CCCCCCCCCCC. The highest BCUT2D eigenvalue weighted by atomic mass is 16.7. The molecule has 1 rings (SSSR count). The molecule has 0 bridgehead atoms. The molecule has 0 aromatic heterocycles. The number of rotatable bonds is 46. The molecule has 9 nitrogen and oxygen atoms in total. The van der Waals surface area contributed by atoms with Crippen LogP contribution in [0.15, 0.2) is 0 Å². The average Bonchev–Trinajstić information content (AvgIpc) is 3.26. The molecule has 0 saturated carbocycles. The van der Waals surface area contributed by atoms with Gasteiger partial charge in [0.05, 0.1) is 25.4 Å². The zero-order chi connectivity index (χ0) is 44.4. The Balaban J connectivity index is 2.10. The number of carbonyl (C=O) groups is 1. The van der Waals surface area contributed by atoms with Crippen LogP contribution >= 0.6 is 0 Å². The lowest BCUT2D eigenvalue weighted by atomic mass is 9.99. The van der Waals surface area contributed by atoms with Crippen LogP contribution in [0.5, 0.6) is 0 Å². The van der Waals surface area contributed by atoms with Gasteiger partial charge in [-0.2, -0.15) is 0 Å². The molecule has 0 spiro atoms. The maximum absolute atomic E-state index is 12.9. The summed E-state index contributed by atoms with van der Waals surface area (Å²) in [5.74, 6) is -0.144. The number of amides is 1. The summed E-state index contributed by atoms with van der Waals surface area (Å²) < 4.78 is 11.3. The van der Waals surface area contributed by atoms with Gasteiger partial charge in [0.1, 0.15) is 24.4 Å². The molecule has 0 aliphatic carbocycles. The summed E-state index contributed by atoms with van der Waals surface area (Å²) in [7, 11) is 0. The van der Waals surface area contributed by atoms with Crippen molar-refractivity contribution >= 4 is 5.91 Å². The van der Waals surface area contributed by atoms with Crippen molar-refractivity contribution in [3.63, 3.8) is 0 Å². The molecule has 7 unspecified atom stereocenters. The molecule has 6 N–H and O–H groups in total. The zero-order valence-corrected chi connectivity index (χ0v) is 40.2. The highest BCUT2D eigenvalue weighted by molar-refractivity contribution is 5.76. The molecular weight excluding hydrogens is 767 g/mol. The van der Waals surface area contributed by atoms with Crippen LogP contribution in [-0.4, -0.2) is 87.5 Å². The largest absolute Gasteiger partial charge is 0.394 e. The van der Waals surface area contributed by atoms with Crippen LogP contribution in [-0.2, 0) is 14.3 Å². The molecule has 1 heterocycles. The Bertz CT molecular complexity index is 924. The van der Waals surface area contributed by atoms with Gasteiger partial charge in [0.15, 0.2) is 6.29 Å². The molecular formula is C52H103NO8. The summed E-state index contributed by atoms with van der Waals surface area (Å²) in [6.45, 7) is 3.84. The summed E-state index contributed by atoms with van der Waals surface area (Å²) in [5.41, 5.74) is 0. The van der Waals surface area contributed by atoms with Crippen molar-refractivity contribution in [2.45, 2.75) is 314 Å². The fourth-order valence-corrected chi connectivity index (χ4v) is 8.93. The summed E-state index contributed by atoms with van der Waals surface area (Å²) >= 11 is 0. The van der Waals surface area contributed by atoms with Gasteiger partial charge in [-0.05, 0) is 12.8 Å². The van der Waals surface area contributed by atoms with E-state index < -0.39 is 49.5 Å². The average molecular weight is 870 g/mol. The summed E-state index contributed by atoms with van der Waals surface area (Å²) in [5, 5.41) is 54.4. The maximum atomic E-state index is 12.9. The normalized spacial score (nSPS) is 20.3. The van der Waals surface area contributed by atoms with Crippen molar-refractivity contribution in [3.8, 4) is 0 Å². The number of hydrogen-bond donors (Lipinski definition) is 6. The van der Waals surface area contributed by atoms with Gasteiger partial charge in [-0.15, -0.1) is 0 Å². The third kappa shape index (κ3) is 33.3. The second kappa shape index (κ2) is 43.1. The van der Waals surface area contributed by atoms with Crippen LogP contribution in [0.3, 0.4) is 0 Å². The van der Waals surface area contributed by atoms with Gasteiger partial charge in [0.25, 0.3) is 0 Å². The van der Waals surface area contributed by atoms with Crippen molar-refractivity contribution in [1.82, 2.24) is 5.32 Å². The minimum Gasteiger partial charge on any atom is -0.394 e. The second-order valence-corrected chi connectivity index (χ2v) is 19.0. The Morgan fingerprint density at radius 3 is 1.16 bits per heavy atom. The van der Waals surface area contributed by atoms with Gasteiger partial charge < -0.3 is 40.3 Å². The van der Waals surface area contributed by atoms with E-state index in [0.29, 0.717) is 12.8 Å². The van der Waals surface area contributed by atoms with E-state index in [1.165, 1.54) is 205 Å². The quantitative estimate of drug-likeness (QED) is 0.0331. The summed E-state index contributed by atoms with van der Waals surface area (Å²) in [6, 6.07) is -0.711. The van der Waals surface area contributed by atoms with Crippen molar-refractivity contribution < 1.29 is 39.8 Å². The molecule has 1 saturated heterocycles. The smallest absolute Gasteiger partial charge is 0.220 e. The van der Waals surface area contributed by atoms with Gasteiger partial charge in [-0.3, -0.25) is 4.79 Å². The van der Waals surface area contributed by atoms with Crippen LogP contribution < -0.4 is 5.32 Å².